The number of hydrogen-bond donors (Lipinski definition) is 1. The number of sulfonamides is 1. The standard InChI is InChI=1S/C19H25N3O5S/c1-13-4-6-17(7-5-13)26-12-18(23)22-10-8-16(9-11-22)21-28(24,25)19-14(2)20-27-15(19)3/h4-7,16,21H,8-12H2,1-3H3. The van der Waals surface area contributed by atoms with Crippen molar-refractivity contribution in [3.05, 3.63) is 41.3 Å². The summed E-state index contributed by atoms with van der Waals surface area (Å²) in [6.07, 6.45) is 1.08. The molecule has 1 N–H and O–H groups in total. The Labute approximate surface area is 164 Å². The van der Waals surface area contributed by atoms with Crippen LogP contribution in [-0.4, -0.2) is 50.1 Å². The van der Waals surface area contributed by atoms with Gasteiger partial charge in [0.25, 0.3) is 5.91 Å². The first-order valence-electron chi connectivity index (χ1n) is 9.18. The molecule has 0 radical (unpaired) electrons. The Morgan fingerprint density at radius 3 is 2.43 bits per heavy atom. The van der Waals surface area contributed by atoms with Gasteiger partial charge in [-0.1, -0.05) is 22.9 Å². The van der Waals surface area contributed by atoms with Gasteiger partial charge in [-0.15, -0.1) is 0 Å². The van der Waals surface area contributed by atoms with Crippen molar-refractivity contribution in [2.24, 2.45) is 0 Å². The molecular formula is C19H25N3O5S. The maximum absolute atomic E-state index is 12.6. The van der Waals surface area contributed by atoms with Crippen molar-refractivity contribution in [3.63, 3.8) is 0 Å². The molecule has 9 heteroatoms. The summed E-state index contributed by atoms with van der Waals surface area (Å²) in [5.74, 6) is 0.819. The third kappa shape index (κ3) is 4.71. The van der Waals surface area contributed by atoms with E-state index in [-0.39, 0.29) is 29.2 Å². The molecule has 0 unspecified atom stereocenters. The molecule has 3 rings (SSSR count). The highest BCUT2D eigenvalue weighted by Gasteiger charge is 2.30. The first-order valence-corrected chi connectivity index (χ1v) is 10.7. The zero-order chi connectivity index (χ0) is 20.3. The molecule has 152 valence electrons. The van der Waals surface area contributed by atoms with E-state index in [0.717, 1.165) is 5.56 Å². The van der Waals surface area contributed by atoms with Gasteiger partial charge >= 0.3 is 0 Å². The Morgan fingerprint density at radius 2 is 1.86 bits per heavy atom. The predicted molar refractivity (Wildman–Crippen MR) is 103 cm³/mol. The normalized spacial score (nSPS) is 15.6. The summed E-state index contributed by atoms with van der Waals surface area (Å²) < 4.78 is 38.4. The average Bonchev–Trinajstić information content (AvgIpc) is 3.00. The van der Waals surface area contributed by atoms with Crippen LogP contribution in [0, 0.1) is 20.8 Å². The molecule has 1 aliphatic heterocycles. The van der Waals surface area contributed by atoms with E-state index in [1.807, 2.05) is 31.2 Å². The van der Waals surface area contributed by atoms with E-state index in [1.165, 1.54) is 0 Å². The largest absolute Gasteiger partial charge is 0.484 e. The van der Waals surface area contributed by atoms with Crippen molar-refractivity contribution >= 4 is 15.9 Å². The monoisotopic (exact) mass is 407 g/mol. The van der Waals surface area contributed by atoms with E-state index in [2.05, 4.69) is 9.88 Å². The van der Waals surface area contributed by atoms with Gasteiger partial charge in [0.05, 0.1) is 0 Å². The Morgan fingerprint density at radius 1 is 1.21 bits per heavy atom. The molecule has 1 aliphatic rings. The SMILES string of the molecule is Cc1ccc(OCC(=O)N2CCC(NS(=O)(=O)c3c(C)noc3C)CC2)cc1. The first kappa shape index (κ1) is 20.3. The number of carbonyl (C=O) groups excluding carboxylic acids is 1. The van der Waals surface area contributed by atoms with Gasteiger partial charge in [0.1, 0.15) is 16.3 Å². The molecule has 1 aromatic heterocycles. The second-order valence-corrected chi connectivity index (χ2v) is 8.68. The molecule has 8 nitrogen and oxygen atoms in total. The van der Waals surface area contributed by atoms with Gasteiger partial charge in [-0.2, -0.15) is 0 Å². The number of piperidine rings is 1. The fraction of sp³-hybridized carbons (Fsp3) is 0.474. The smallest absolute Gasteiger partial charge is 0.260 e. The lowest BCUT2D eigenvalue weighted by atomic mass is 10.1. The van der Waals surface area contributed by atoms with Crippen molar-refractivity contribution in [2.75, 3.05) is 19.7 Å². The molecule has 0 bridgehead atoms. The Bertz CT molecular complexity index is 909. The highest BCUT2D eigenvalue weighted by molar-refractivity contribution is 7.89. The Balaban J connectivity index is 1.50. The van der Waals surface area contributed by atoms with Gasteiger partial charge in [-0.05, 0) is 45.7 Å². The summed E-state index contributed by atoms with van der Waals surface area (Å²) in [6.45, 7) is 6.08. The lowest BCUT2D eigenvalue weighted by molar-refractivity contribution is -0.134. The number of likely N-dealkylation sites (tertiary alicyclic amines) is 1. The van der Waals surface area contributed by atoms with Crippen molar-refractivity contribution in [1.29, 1.82) is 0 Å². The van der Waals surface area contributed by atoms with Crippen LogP contribution in [0.25, 0.3) is 0 Å². The van der Waals surface area contributed by atoms with Crippen LogP contribution in [-0.2, 0) is 14.8 Å². The minimum atomic E-state index is -3.70. The highest BCUT2D eigenvalue weighted by atomic mass is 32.2. The van der Waals surface area contributed by atoms with Crippen LogP contribution in [0.1, 0.15) is 29.9 Å². The number of rotatable bonds is 6. The van der Waals surface area contributed by atoms with E-state index in [0.29, 0.717) is 37.4 Å². The maximum Gasteiger partial charge on any atom is 0.260 e. The Kier molecular flexibility index (Phi) is 6.04. The summed E-state index contributed by atoms with van der Waals surface area (Å²) in [7, 11) is -3.70. The average molecular weight is 407 g/mol. The van der Waals surface area contributed by atoms with Crippen LogP contribution in [0.5, 0.6) is 5.75 Å². The summed E-state index contributed by atoms with van der Waals surface area (Å²) in [5, 5.41) is 3.70. The molecule has 0 aliphatic carbocycles. The van der Waals surface area contributed by atoms with Crippen molar-refractivity contribution in [3.8, 4) is 5.75 Å². The molecule has 0 saturated carbocycles. The second-order valence-electron chi connectivity index (χ2n) is 7.03. The number of benzene rings is 1. The number of nitrogens with zero attached hydrogens (tertiary/aromatic N) is 2. The molecule has 2 aromatic rings. The number of nitrogens with one attached hydrogen (secondary N) is 1. The van der Waals surface area contributed by atoms with Crippen LogP contribution < -0.4 is 9.46 Å². The minimum Gasteiger partial charge on any atom is -0.484 e. The molecule has 0 atom stereocenters. The number of aromatic nitrogens is 1. The summed E-state index contributed by atoms with van der Waals surface area (Å²) in [5.41, 5.74) is 1.46. The minimum absolute atomic E-state index is 0.0292. The first-order chi connectivity index (χ1) is 13.3. The van der Waals surface area contributed by atoms with E-state index >= 15 is 0 Å². The zero-order valence-electron chi connectivity index (χ0n) is 16.3. The van der Waals surface area contributed by atoms with Crippen LogP contribution >= 0.6 is 0 Å². The predicted octanol–water partition coefficient (Wildman–Crippen LogP) is 1.95. The van der Waals surface area contributed by atoms with E-state index in [9.17, 15) is 13.2 Å². The van der Waals surface area contributed by atoms with Crippen molar-refractivity contribution < 1.29 is 22.5 Å². The van der Waals surface area contributed by atoms with Gasteiger partial charge in [-0.3, -0.25) is 4.79 Å². The van der Waals surface area contributed by atoms with Crippen LogP contribution in [0.4, 0.5) is 0 Å². The molecule has 1 fully saturated rings. The second kappa shape index (κ2) is 8.32. The third-order valence-electron chi connectivity index (χ3n) is 4.79. The van der Waals surface area contributed by atoms with Crippen LogP contribution in [0.15, 0.2) is 33.7 Å². The molecule has 1 saturated heterocycles. The zero-order valence-corrected chi connectivity index (χ0v) is 17.1. The van der Waals surface area contributed by atoms with Gasteiger partial charge in [0.15, 0.2) is 12.4 Å². The topological polar surface area (TPSA) is 102 Å². The maximum atomic E-state index is 12.6. The van der Waals surface area contributed by atoms with Crippen molar-refractivity contribution in [2.45, 2.75) is 44.6 Å². The number of amides is 1. The van der Waals surface area contributed by atoms with E-state index in [4.69, 9.17) is 9.26 Å². The van der Waals surface area contributed by atoms with Gasteiger partial charge in [0, 0.05) is 19.1 Å². The molecule has 2 heterocycles. The Hall–Kier alpha value is -2.39. The fourth-order valence-electron chi connectivity index (χ4n) is 3.25. The van der Waals surface area contributed by atoms with Crippen LogP contribution in [0.3, 0.4) is 0 Å². The molecule has 28 heavy (non-hydrogen) atoms. The molecular weight excluding hydrogens is 382 g/mol. The number of ether oxygens (including phenoxy) is 1. The van der Waals surface area contributed by atoms with E-state index < -0.39 is 10.0 Å². The molecule has 0 spiro atoms. The molecule has 1 amide bonds. The van der Waals surface area contributed by atoms with Gasteiger partial charge in [0.2, 0.25) is 10.0 Å². The summed E-state index contributed by atoms with van der Waals surface area (Å²) in [4.78, 5) is 14.1. The number of hydrogen-bond acceptors (Lipinski definition) is 6. The van der Waals surface area contributed by atoms with Gasteiger partial charge in [-0.25, -0.2) is 13.1 Å². The van der Waals surface area contributed by atoms with Crippen LogP contribution in [0.2, 0.25) is 0 Å². The number of aryl methyl sites for hydroxylation is 3. The number of carbonyl (C=O) groups is 1. The quantitative estimate of drug-likeness (QED) is 0.785. The van der Waals surface area contributed by atoms with E-state index in [1.54, 1.807) is 18.7 Å². The summed E-state index contributed by atoms with van der Waals surface area (Å²) >= 11 is 0. The lowest BCUT2D eigenvalue weighted by Crippen LogP contribution is -2.47. The lowest BCUT2D eigenvalue weighted by Gasteiger charge is -2.32. The fourth-order valence-corrected chi connectivity index (χ4v) is 4.89. The molecule has 1 aromatic carbocycles. The summed E-state index contributed by atoms with van der Waals surface area (Å²) in [6, 6.07) is 7.28. The third-order valence-corrected chi connectivity index (χ3v) is 6.55. The highest BCUT2D eigenvalue weighted by Crippen LogP contribution is 2.21. The van der Waals surface area contributed by atoms with Gasteiger partial charge < -0.3 is 14.2 Å². The van der Waals surface area contributed by atoms with Crippen molar-refractivity contribution in [1.82, 2.24) is 14.8 Å².